The van der Waals surface area contributed by atoms with E-state index in [0.29, 0.717) is 5.56 Å². The highest BCUT2D eigenvalue weighted by Crippen LogP contribution is 2.17. The van der Waals surface area contributed by atoms with Gasteiger partial charge in [0.25, 0.3) is 15.9 Å². The number of nitrogens with one attached hydrogen (secondary N) is 1. The van der Waals surface area contributed by atoms with Gasteiger partial charge in [-0.2, -0.15) is 0 Å². The summed E-state index contributed by atoms with van der Waals surface area (Å²) >= 11 is 0. The van der Waals surface area contributed by atoms with Crippen LogP contribution in [0.15, 0.2) is 53.4 Å². The average Bonchev–Trinajstić information content (AvgIpc) is 2.54. The summed E-state index contributed by atoms with van der Waals surface area (Å²) in [5.74, 6) is -0.880. The first-order valence-electron chi connectivity index (χ1n) is 6.54. The van der Waals surface area contributed by atoms with Crippen LogP contribution in [-0.2, 0) is 14.9 Å². The second kappa shape index (κ2) is 6.76. The van der Waals surface area contributed by atoms with Crippen LogP contribution in [0.2, 0.25) is 0 Å². The fourth-order valence-corrected chi connectivity index (χ4v) is 2.83. The van der Waals surface area contributed by atoms with Crippen molar-refractivity contribution in [3.05, 3.63) is 59.9 Å². The third-order valence-electron chi connectivity index (χ3n) is 3.07. The van der Waals surface area contributed by atoms with Gasteiger partial charge in [0.05, 0.1) is 12.0 Å². The topological polar surface area (TPSA) is 75.7 Å². The third-order valence-corrected chi connectivity index (χ3v) is 4.47. The van der Waals surface area contributed by atoms with Crippen LogP contribution in [0.5, 0.6) is 0 Å². The average molecular weight is 338 g/mol. The molecule has 0 atom stereocenters. The Morgan fingerprint density at radius 1 is 1.09 bits per heavy atom. The van der Waals surface area contributed by atoms with Crippen LogP contribution in [0.25, 0.3) is 0 Å². The maximum atomic E-state index is 12.9. The predicted molar refractivity (Wildman–Crippen MR) is 82.8 cm³/mol. The number of rotatable bonds is 5. The Hall–Kier alpha value is -2.45. The van der Waals surface area contributed by atoms with Gasteiger partial charge >= 0.3 is 0 Å². The molecule has 0 saturated heterocycles. The van der Waals surface area contributed by atoms with E-state index in [0.717, 1.165) is 17.2 Å². The van der Waals surface area contributed by atoms with E-state index in [2.05, 4.69) is 4.72 Å². The van der Waals surface area contributed by atoms with Gasteiger partial charge in [-0.15, -0.1) is 0 Å². The van der Waals surface area contributed by atoms with E-state index in [-0.39, 0.29) is 16.5 Å². The smallest absolute Gasteiger partial charge is 0.277 e. The second-order valence-electron chi connectivity index (χ2n) is 4.62. The summed E-state index contributed by atoms with van der Waals surface area (Å²) in [6, 6.07) is 10.3. The van der Waals surface area contributed by atoms with Gasteiger partial charge in [-0.05, 0) is 48.5 Å². The molecule has 0 aliphatic carbocycles. The van der Waals surface area contributed by atoms with Crippen molar-refractivity contribution < 1.29 is 22.4 Å². The highest BCUT2D eigenvalue weighted by atomic mass is 32.2. The van der Waals surface area contributed by atoms with Crippen molar-refractivity contribution in [2.75, 3.05) is 18.9 Å². The maximum Gasteiger partial charge on any atom is 0.277 e. The first-order chi connectivity index (χ1) is 10.8. The van der Waals surface area contributed by atoms with Crippen LogP contribution in [0.4, 0.5) is 10.1 Å². The Kier molecular flexibility index (Phi) is 4.97. The number of carbonyl (C=O) groups is 1. The van der Waals surface area contributed by atoms with E-state index in [1.165, 1.54) is 50.6 Å². The molecule has 2 aromatic rings. The van der Waals surface area contributed by atoms with Crippen molar-refractivity contribution in [3.8, 4) is 0 Å². The maximum absolute atomic E-state index is 12.9. The van der Waals surface area contributed by atoms with E-state index in [4.69, 9.17) is 4.84 Å². The monoisotopic (exact) mass is 338 g/mol. The van der Waals surface area contributed by atoms with E-state index in [1.807, 2.05) is 0 Å². The molecule has 0 aliphatic rings. The number of carbonyl (C=O) groups excluding carboxylic acids is 1. The fourth-order valence-electron chi connectivity index (χ4n) is 1.77. The van der Waals surface area contributed by atoms with Crippen LogP contribution in [-0.4, -0.2) is 33.5 Å². The minimum absolute atomic E-state index is 0.0573. The number of amides is 1. The second-order valence-corrected chi connectivity index (χ2v) is 6.30. The summed E-state index contributed by atoms with van der Waals surface area (Å²) in [5, 5.41) is 1.05. The van der Waals surface area contributed by atoms with Gasteiger partial charge in [0.15, 0.2) is 0 Å². The van der Waals surface area contributed by atoms with Gasteiger partial charge < -0.3 is 0 Å². The van der Waals surface area contributed by atoms with Gasteiger partial charge in [-0.3, -0.25) is 14.4 Å². The molecule has 0 aliphatic heterocycles. The molecule has 0 bridgehead atoms. The van der Waals surface area contributed by atoms with Crippen LogP contribution in [0.3, 0.4) is 0 Å². The molecule has 6 nitrogen and oxygen atoms in total. The van der Waals surface area contributed by atoms with E-state index in [1.54, 1.807) is 0 Å². The SMILES string of the molecule is CON(C)C(=O)c1ccc(NS(=O)(=O)c2ccc(F)cc2)cc1. The standard InChI is InChI=1S/C15H15FN2O4S/c1-18(22-2)15(19)11-3-7-13(8-4-11)17-23(20,21)14-9-5-12(16)6-10-14/h3-10,17H,1-2H3. The zero-order valence-electron chi connectivity index (χ0n) is 12.5. The molecule has 0 spiro atoms. The number of sulfonamides is 1. The Bertz CT molecular complexity index is 789. The lowest BCUT2D eigenvalue weighted by Gasteiger charge is -2.14. The number of anilines is 1. The Morgan fingerprint density at radius 3 is 2.17 bits per heavy atom. The van der Waals surface area contributed by atoms with E-state index < -0.39 is 15.8 Å². The van der Waals surface area contributed by atoms with Crippen LogP contribution >= 0.6 is 0 Å². The van der Waals surface area contributed by atoms with Crippen LogP contribution in [0.1, 0.15) is 10.4 Å². The predicted octanol–water partition coefficient (Wildman–Crippen LogP) is 2.26. The molecule has 0 unspecified atom stereocenters. The molecule has 1 amide bonds. The highest BCUT2D eigenvalue weighted by Gasteiger charge is 2.15. The minimum Gasteiger partial charge on any atom is -0.280 e. The molecule has 1 N–H and O–H groups in total. The normalized spacial score (nSPS) is 11.1. The van der Waals surface area contributed by atoms with Gasteiger partial charge in [0.1, 0.15) is 5.82 Å². The molecule has 0 heterocycles. The summed E-state index contributed by atoms with van der Waals surface area (Å²) in [6.07, 6.45) is 0. The van der Waals surface area contributed by atoms with Crippen molar-refractivity contribution in [2.24, 2.45) is 0 Å². The summed E-state index contributed by atoms with van der Waals surface area (Å²) in [5.41, 5.74) is 0.630. The Balaban J connectivity index is 2.17. The summed E-state index contributed by atoms with van der Waals surface area (Å²) in [4.78, 5) is 16.6. The molecule has 122 valence electrons. The van der Waals surface area contributed by atoms with Crippen molar-refractivity contribution in [1.29, 1.82) is 0 Å². The number of halogens is 1. The molecule has 0 fully saturated rings. The molecule has 0 radical (unpaired) electrons. The molecule has 2 rings (SSSR count). The van der Waals surface area contributed by atoms with Crippen molar-refractivity contribution >= 4 is 21.6 Å². The summed E-state index contributed by atoms with van der Waals surface area (Å²) in [6.45, 7) is 0. The lowest BCUT2D eigenvalue weighted by atomic mass is 10.2. The summed E-state index contributed by atoms with van der Waals surface area (Å²) in [7, 11) is -0.991. The van der Waals surface area contributed by atoms with Crippen molar-refractivity contribution in [2.45, 2.75) is 4.90 Å². The number of hydrogen-bond acceptors (Lipinski definition) is 4. The largest absolute Gasteiger partial charge is 0.280 e. The quantitative estimate of drug-likeness (QED) is 0.849. The molecule has 0 saturated carbocycles. The first-order valence-corrected chi connectivity index (χ1v) is 8.02. The Morgan fingerprint density at radius 2 is 1.65 bits per heavy atom. The van der Waals surface area contributed by atoms with Gasteiger partial charge in [-0.25, -0.2) is 17.9 Å². The molecular formula is C15H15FN2O4S. The van der Waals surface area contributed by atoms with E-state index >= 15 is 0 Å². The van der Waals surface area contributed by atoms with E-state index in [9.17, 15) is 17.6 Å². The Labute approximate surface area is 133 Å². The lowest BCUT2D eigenvalue weighted by molar-refractivity contribution is -0.0756. The van der Waals surface area contributed by atoms with Gasteiger partial charge in [0.2, 0.25) is 0 Å². The molecule has 8 heteroatoms. The number of benzene rings is 2. The molecule has 23 heavy (non-hydrogen) atoms. The zero-order valence-corrected chi connectivity index (χ0v) is 13.3. The van der Waals surface area contributed by atoms with Crippen molar-refractivity contribution in [1.82, 2.24) is 5.06 Å². The molecule has 2 aromatic carbocycles. The minimum atomic E-state index is -3.82. The zero-order chi connectivity index (χ0) is 17.0. The summed E-state index contributed by atoms with van der Waals surface area (Å²) < 4.78 is 39.5. The third kappa shape index (κ3) is 4.05. The van der Waals surface area contributed by atoms with Gasteiger partial charge in [-0.1, -0.05) is 0 Å². The number of hydroxylamine groups is 2. The van der Waals surface area contributed by atoms with Gasteiger partial charge in [0, 0.05) is 18.3 Å². The molecule has 0 aromatic heterocycles. The van der Waals surface area contributed by atoms with Crippen molar-refractivity contribution in [3.63, 3.8) is 0 Å². The van der Waals surface area contributed by atoms with Crippen LogP contribution in [0, 0.1) is 5.82 Å². The number of hydrogen-bond donors (Lipinski definition) is 1. The number of nitrogens with zero attached hydrogens (tertiary/aromatic N) is 1. The molecular weight excluding hydrogens is 323 g/mol. The lowest BCUT2D eigenvalue weighted by Crippen LogP contribution is -2.25. The van der Waals surface area contributed by atoms with Crippen LogP contribution < -0.4 is 4.72 Å². The highest BCUT2D eigenvalue weighted by molar-refractivity contribution is 7.92. The first kappa shape index (κ1) is 16.9. The fraction of sp³-hybridized carbons (Fsp3) is 0.133.